The number of aromatic nitrogens is 2. The lowest BCUT2D eigenvalue weighted by molar-refractivity contribution is 0.368. The lowest BCUT2D eigenvalue weighted by Gasteiger charge is -2.21. The fraction of sp³-hybridized carbons (Fsp3) is 0.471. The predicted molar refractivity (Wildman–Crippen MR) is 96.1 cm³/mol. The van der Waals surface area contributed by atoms with E-state index in [0.717, 1.165) is 24.8 Å². The summed E-state index contributed by atoms with van der Waals surface area (Å²) in [5.74, 6) is 3.96. The molecule has 1 aliphatic heterocycles. The molecule has 24 heavy (non-hydrogen) atoms. The summed E-state index contributed by atoms with van der Waals surface area (Å²) in [6.45, 7) is 4.38. The van der Waals surface area contributed by atoms with E-state index in [1.54, 1.807) is 0 Å². The van der Waals surface area contributed by atoms with Crippen LogP contribution in [0.3, 0.4) is 0 Å². The van der Waals surface area contributed by atoms with Crippen LogP contribution < -0.4 is 5.32 Å². The van der Waals surface area contributed by atoms with Crippen molar-refractivity contribution >= 4 is 17.7 Å². The van der Waals surface area contributed by atoms with E-state index in [0.29, 0.717) is 24.2 Å². The summed E-state index contributed by atoms with van der Waals surface area (Å²) in [5.41, 5.74) is 0. The van der Waals surface area contributed by atoms with Crippen molar-refractivity contribution in [1.29, 1.82) is 0 Å². The lowest BCUT2D eigenvalue weighted by atomic mass is 10.2. The molecule has 1 aromatic carbocycles. The first kappa shape index (κ1) is 16.8. The summed E-state index contributed by atoms with van der Waals surface area (Å²) < 4.78 is 5.13. The second-order valence-corrected chi connectivity index (χ2v) is 6.95. The molecule has 0 saturated carbocycles. The fourth-order valence-corrected chi connectivity index (χ4v) is 3.84. The van der Waals surface area contributed by atoms with E-state index >= 15 is 0 Å². The third kappa shape index (κ3) is 4.50. The molecule has 0 radical (unpaired) electrons. The summed E-state index contributed by atoms with van der Waals surface area (Å²) >= 11 is 1.93. The van der Waals surface area contributed by atoms with Gasteiger partial charge in [-0.05, 0) is 31.4 Å². The van der Waals surface area contributed by atoms with Gasteiger partial charge in [0, 0.05) is 30.8 Å². The Labute approximate surface area is 146 Å². The molecule has 1 N–H and O–H groups in total. The van der Waals surface area contributed by atoms with Gasteiger partial charge < -0.3 is 14.7 Å². The van der Waals surface area contributed by atoms with Crippen molar-refractivity contribution in [3.63, 3.8) is 0 Å². The molecule has 0 amide bonds. The van der Waals surface area contributed by atoms with Gasteiger partial charge in [0.25, 0.3) is 0 Å². The van der Waals surface area contributed by atoms with Gasteiger partial charge >= 0.3 is 0 Å². The third-order valence-electron chi connectivity index (χ3n) is 3.99. The van der Waals surface area contributed by atoms with E-state index in [1.807, 2.05) is 25.7 Å². The standard InChI is InChI=1S/C17H23N5OS/c1-13-20-16(23-21-13)10-19-17(18-2)22-9-8-14(11-22)12-24-15-6-4-3-5-7-15/h3-7,14H,8-12H2,1-2H3,(H,18,19). The minimum absolute atomic E-state index is 0.507. The first-order chi connectivity index (χ1) is 11.7. The minimum Gasteiger partial charge on any atom is -0.347 e. The highest BCUT2D eigenvalue weighted by atomic mass is 32.2. The molecule has 2 aromatic rings. The average Bonchev–Trinajstić information content (AvgIpc) is 3.24. The quantitative estimate of drug-likeness (QED) is 0.510. The van der Waals surface area contributed by atoms with E-state index in [9.17, 15) is 0 Å². The number of thioether (sulfide) groups is 1. The van der Waals surface area contributed by atoms with E-state index < -0.39 is 0 Å². The van der Waals surface area contributed by atoms with Gasteiger partial charge in [0.15, 0.2) is 11.8 Å². The molecule has 0 aliphatic carbocycles. The molecule has 0 bridgehead atoms. The zero-order valence-corrected chi connectivity index (χ0v) is 14.9. The number of aryl methyl sites for hydroxylation is 1. The molecule has 1 unspecified atom stereocenters. The Morgan fingerprint density at radius 3 is 2.96 bits per heavy atom. The van der Waals surface area contributed by atoms with Crippen LogP contribution in [0.25, 0.3) is 0 Å². The highest BCUT2D eigenvalue weighted by molar-refractivity contribution is 7.99. The summed E-state index contributed by atoms with van der Waals surface area (Å²) in [5, 5.41) is 7.11. The zero-order valence-electron chi connectivity index (χ0n) is 14.1. The first-order valence-corrected chi connectivity index (χ1v) is 9.16. The van der Waals surface area contributed by atoms with Crippen LogP contribution >= 0.6 is 11.8 Å². The van der Waals surface area contributed by atoms with Gasteiger partial charge in [0.1, 0.15) is 0 Å². The molecule has 2 heterocycles. The van der Waals surface area contributed by atoms with Crippen LogP contribution in [-0.2, 0) is 6.54 Å². The number of likely N-dealkylation sites (tertiary alicyclic amines) is 1. The van der Waals surface area contributed by atoms with Crippen LogP contribution in [0.2, 0.25) is 0 Å². The SMILES string of the molecule is CN=C(NCc1nc(C)no1)N1CCC(CSc2ccccc2)C1. The molecule has 1 aliphatic rings. The summed E-state index contributed by atoms with van der Waals surface area (Å²) in [6.07, 6.45) is 1.19. The van der Waals surface area contributed by atoms with Crippen LogP contribution in [0.15, 0.2) is 44.7 Å². The normalized spacial score (nSPS) is 18.2. The second-order valence-electron chi connectivity index (χ2n) is 5.86. The number of hydrogen-bond donors (Lipinski definition) is 1. The molecule has 128 valence electrons. The van der Waals surface area contributed by atoms with E-state index in [4.69, 9.17) is 4.52 Å². The van der Waals surface area contributed by atoms with E-state index in [2.05, 4.69) is 55.7 Å². The first-order valence-electron chi connectivity index (χ1n) is 8.17. The second kappa shape index (κ2) is 8.19. The maximum Gasteiger partial charge on any atom is 0.246 e. The molecule has 7 heteroatoms. The Hall–Kier alpha value is -2.02. The Balaban J connectivity index is 1.46. The number of nitrogens with zero attached hydrogens (tertiary/aromatic N) is 4. The van der Waals surface area contributed by atoms with Gasteiger partial charge in [-0.25, -0.2) is 0 Å². The number of rotatable bonds is 5. The van der Waals surface area contributed by atoms with Crippen molar-refractivity contribution in [1.82, 2.24) is 20.4 Å². The molecule has 1 fully saturated rings. The Morgan fingerprint density at radius 2 is 2.25 bits per heavy atom. The smallest absolute Gasteiger partial charge is 0.246 e. The van der Waals surface area contributed by atoms with Gasteiger partial charge in [-0.3, -0.25) is 4.99 Å². The zero-order chi connectivity index (χ0) is 16.8. The number of nitrogens with one attached hydrogen (secondary N) is 1. The molecule has 1 saturated heterocycles. The van der Waals surface area contributed by atoms with Crippen molar-refractivity contribution in [3.8, 4) is 0 Å². The molecule has 0 spiro atoms. The molecular formula is C17H23N5OS. The van der Waals surface area contributed by atoms with Crippen LogP contribution in [-0.4, -0.2) is 46.9 Å². The van der Waals surface area contributed by atoms with Crippen LogP contribution in [0.5, 0.6) is 0 Å². The summed E-state index contributed by atoms with van der Waals surface area (Å²) in [7, 11) is 1.81. The van der Waals surface area contributed by atoms with Gasteiger partial charge in [0.2, 0.25) is 5.89 Å². The Kier molecular flexibility index (Phi) is 5.74. The van der Waals surface area contributed by atoms with E-state index in [-0.39, 0.29) is 0 Å². The predicted octanol–water partition coefficient (Wildman–Crippen LogP) is 2.57. The Bertz CT molecular complexity index is 673. The Morgan fingerprint density at radius 1 is 1.42 bits per heavy atom. The van der Waals surface area contributed by atoms with Crippen LogP contribution in [0.4, 0.5) is 0 Å². The summed E-state index contributed by atoms with van der Waals surface area (Å²) in [6, 6.07) is 10.6. The fourth-order valence-electron chi connectivity index (χ4n) is 2.79. The number of benzene rings is 1. The van der Waals surface area contributed by atoms with Crippen LogP contribution in [0.1, 0.15) is 18.1 Å². The molecule has 1 aromatic heterocycles. The maximum absolute atomic E-state index is 5.13. The average molecular weight is 345 g/mol. The lowest BCUT2D eigenvalue weighted by Crippen LogP contribution is -2.39. The molecule has 3 rings (SSSR count). The number of guanidine groups is 1. The maximum atomic E-state index is 5.13. The summed E-state index contributed by atoms with van der Waals surface area (Å²) in [4.78, 5) is 12.2. The van der Waals surface area contributed by atoms with Crippen molar-refractivity contribution in [2.75, 3.05) is 25.9 Å². The minimum atomic E-state index is 0.507. The van der Waals surface area contributed by atoms with Crippen LogP contribution in [0, 0.1) is 12.8 Å². The topological polar surface area (TPSA) is 66.5 Å². The highest BCUT2D eigenvalue weighted by Gasteiger charge is 2.25. The van der Waals surface area contributed by atoms with Gasteiger partial charge in [-0.2, -0.15) is 4.98 Å². The van der Waals surface area contributed by atoms with Gasteiger partial charge in [-0.1, -0.05) is 23.4 Å². The van der Waals surface area contributed by atoms with Gasteiger partial charge in [0.05, 0.1) is 6.54 Å². The van der Waals surface area contributed by atoms with Gasteiger partial charge in [-0.15, -0.1) is 11.8 Å². The highest BCUT2D eigenvalue weighted by Crippen LogP contribution is 2.25. The van der Waals surface area contributed by atoms with Crippen molar-refractivity contribution in [2.24, 2.45) is 10.9 Å². The van der Waals surface area contributed by atoms with Crippen molar-refractivity contribution < 1.29 is 4.52 Å². The van der Waals surface area contributed by atoms with E-state index in [1.165, 1.54) is 11.3 Å². The third-order valence-corrected chi connectivity index (χ3v) is 5.24. The number of aliphatic imine (C=N–C) groups is 1. The molecule has 1 atom stereocenters. The molecular weight excluding hydrogens is 322 g/mol. The van der Waals surface area contributed by atoms with Crippen molar-refractivity contribution in [3.05, 3.63) is 42.0 Å². The number of hydrogen-bond acceptors (Lipinski definition) is 5. The van der Waals surface area contributed by atoms with Crippen molar-refractivity contribution in [2.45, 2.75) is 24.8 Å². The molecule has 6 nitrogen and oxygen atoms in total. The monoisotopic (exact) mass is 345 g/mol. The largest absolute Gasteiger partial charge is 0.347 e.